The van der Waals surface area contributed by atoms with Crippen LogP contribution >= 0.6 is 0 Å². The average Bonchev–Trinajstić information content (AvgIpc) is 2.72. The topological polar surface area (TPSA) is 129 Å². The first-order valence-corrected chi connectivity index (χ1v) is 9.18. The van der Waals surface area contributed by atoms with E-state index in [4.69, 9.17) is 0 Å². The van der Waals surface area contributed by atoms with E-state index in [1.807, 2.05) is 6.92 Å². The number of anilines is 2. The quantitative estimate of drug-likeness (QED) is 0.465. The van der Waals surface area contributed by atoms with Crippen LogP contribution in [0.4, 0.5) is 11.6 Å². The number of aliphatic hydroxyl groups excluding tert-OH is 1. The molecule has 0 saturated heterocycles. The number of hydrogen-bond donors (Lipinski definition) is 4. The van der Waals surface area contributed by atoms with Gasteiger partial charge < -0.3 is 20.8 Å². The molecule has 0 bridgehead atoms. The largest absolute Gasteiger partial charge is 0.393 e. The molecule has 1 aromatic carbocycles. The van der Waals surface area contributed by atoms with Gasteiger partial charge in [-0.15, -0.1) is 0 Å². The summed E-state index contributed by atoms with van der Waals surface area (Å²) in [5, 5.41) is 26.5. The molecule has 1 atom stereocenters. The van der Waals surface area contributed by atoms with Crippen molar-refractivity contribution in [3.8, 4) is 0 Å². The summed E-state index contributed by atoms with van der Waals surface area (Å²) in [5.74, 6) is 0.0305. The van der Waals surface area contributed by atoms with Crippen LogP contribution in [0.15, 0.2) is 47.4 Å². The number of fused-ring (bicyclic) bond motifs is 1. The van der Waals surface area contributed by atoms with E-state index >= 15 is 0 Å². The maximum atomic E-state index is 12.0. The van der Waals surface area contributed by atoms with Gasteiger partial charge in [0, 0.05) is 36.8 Å². The zero-order valence-corrected chi connectivity index (χ0v) is 16.2. The smallest absolute Gasteiger partial charge is 0.252 e. The minimum absolute atomic E-state index is 0.103. The number of aliphatic hydroxyl groups is 2. The van der Waals surface area contributed by atoms with Crippen LogP contribution in [0.2, 0.25) is 0 Å². The van der Waals surface area contributed by atoms with Crippen molar-refractivity contribution in [3.05, 3.63) is 58.5 Å². The molecule has 9 nitrogen and oxygen atoms in total. The molecule has 0 aliphatic carbocycles. The van der Waals surface area contributed by atoms with Gasteiger partial charge in [0.2, 0.25) is 11.9 Å². The number of carbonyl (C=O) groups excluding carboxylic acids is 1. The average molecular weight is 397 g/mol. The highest BCUT2D eigenvalue weighted by Gasteiger charge is 2.28. The van der Waals surface area contributed by atoms with Gasteiger partial charge in [0.15, 0.2) is 0 Å². The highest BCUT2D eigenvalue weighted by atomic mass is 16.3. The molecule has 4 N–H and O–H groups in total. The fourth-order valence-corrected chi connectivity index (χ4v) is 2.95. The standard InChI is InChI=1S/C20H23N5O4/c1-3-25-17(28)9-4-14-10-21-19(24-18(14)25)23-16-7-5-15(6-8-16)20(29,12-26)11-22-13(2)27/h4-10,26,29H,3,11-12H2,1-2H3,(H,22,27)(H,21,23,24). The van der Waals surface area contributed by atoms with Gasteiger partial charge in [0.25, 0.3) is 5.56 Å². The van der Waals surface area contributed by atoms with Crippen molar-refractivity contribution >= 4 is 28.6 Å². The Balaban J connectivity index is 1.84. The molecule has 0 aliphatic rings. The molecule has 9 heteroatoms. The van der Waals surface area contributed by atoms with Gasteiger partial charge in [-0.2, -0.15) is 4.98 Å². The van der Waals surface area contributed by atoms with Crippen LogP contribution in [0.1, 0.15) is 19.4 Å². The first-order chi connectivity index (χ1) is 13.9. The van der Waals surface area contributed by atoms with Gasteiger partial charge >= 0.3 is 0 Å². The predicted octanol–water partition coefficient (Wildman–Crippen LogP) is 0.871. The van der Waals surface area contributed by atoms with Crippen LogP contribution in [-0.2, 0) is 16.9 Å². The molecule has 0 saturated carbocycles. The SMILES string of the molecule is CCn1c(=O)ccc2cnc(Nc3ccc(C(O)(CO)CNC(C)=O)cc3)nc21. The molecule has 2 aromatic heterocycles. The molecule has 0 spiro atoms. The second kappa shape index (κ2) is 8.38. The van der Waals surface area contributed by atoms with Crippen molar-refractivity contribution in [1.82, 2.24) is 19.9 Å². The van der Waals surface area contributed by atoms with E-state index in [1.165, 1.54) is 13.0 Å². The molecule has 1 unspecified atom stereocenters. The molecule has 3 rings (SSSR count). The van der Waals surface area contributed by atoms with E-state index in [0.29, 0.717) is 29.4 Å². The van der Waals surface area contributed by atoms with Crippen molar-refractivity contribution in [2.45, 2.75) is 26.0 Å². The van der Waals surface area contributed by atoms with E-state index in [2.05, 4.69) is 20.6 Å². The molecule has 1 amide bonds. The fourth-order valence-electron chi connectivity index (χ4n) is 2.95. The number of aryl methyl sites for hydroxylation is 1. The number of nitrogens with zero attached hydrogens (tertiary/aromatic N) is 3. The maximum absolute atomic E-state index is 12.0. The molecule has 0 aliphatic heterocycles. The molecule has 152 valence electrons. The minimum atomic E-state index is -1.58. The normalized spacial score (nSPS) is 13.1. The van der Waals surface area contributed by atoms with Crippen LogP contribution < -0.4 is 16.2 Å². The molecule has 0 fully saturated rings. The number of benzene rings is 1. The van der Waals surface area contributed by atoms with Crippen molar-refractivity contribution in [1.29, 1.82) is 0 Å². The third-order valence-electron chi connectivity index (χ3n) is 4.61. The molecule has 2 heterocycles. The van der Waals surface area contributed by atoms with E-state index in [1.54, 1.807) is 41.1 Å². The van der Waals surface area contributed by atoms with Crippen molar-refractivity contribution in [2.24, 2.45) is 0 Å². The second-order valence-corrected chi connectivity index (χ2v) is 6.69. The monoisotopic (exact) mass is 397 g/mol. The Labute approximate surface area is 167 Å². The Morgan fingerprint density at radius 1 is 1.21 bits per heavy atom. The Morgan fingerprint density at radius 3 is 2.55 bits per heavy atom. The first-order valence-electron chi connectivity index (χ1n) is 9.18. The Kier molecular flexibility index (Phi) is 5.90. The summed E-state index contributed by atoms with van der Waals surface area (Å²) in [5.41, 5.74) is -0.0516. The molecule has 29 heavy (non-hydrogen) atoms. The van der Waals surface area contributed by atoms with Crippen molar-refractivity contribution < 1.29 is 15.0 Å². The highest BCUT2D eigenvalue weighted by molar-refractivity contribution is 5.75. The number of rotatable bonds is 7. The van der Waals surface area contributed by atoms with Crippen LogP contribution in [-0.4, -0.2) is 43.8 Å². The number of nitrogens with one attached hydrogen (secondary N) is 2. The minimum Gasteiger partial charge on any atom is -0.393 e. The van der Waals surface area contributed by atoms with Crippen LogP contribution in [0.25, 0.3) is 11.0 Å². The predicted molar refractivity (Wildman–Crippen MR) is 109 cm³/mol. The fraction of sp³-hybridized carbons (Fsp3) is 0.300. The van der Waals surface area contributed by atoms with Crippen LogP contribution in [0, 0.1) is 0 Å². The summed E-state index contributed by atoms with van der Waals surface area (Å²) >= 11 is 0. The number of hydrogen-bond acceptors (Lipinski definition) is 7. The van der Waals surface area contributed by atoms with Gasteiger partial charge in [-0.1, -0.05) is 12.1 Å². The van der Waals surface area contributed by atoms with E-state index < -0.39 is 12.2 Å². The zero-order chi connectivity index (χ0) is 21.0. The van der Waals surface area contributed by atoms with Gasteiger partial charge in [0.05, 0.1) is 13.2 Å². The Hall–Kier alpha value is -3.30. The number of aromatic nitrogens is 3. The number of pyridine rings is 1. The van der Waals surface area contributed by atoms with Crippen molar-refractivity contribution in [2.75, 3.05) is 18.5 Å². The molecule has 0 radical (unpaired) electrons. The zero-order valence-electron chi connectivity index (χ0n) is 16.2. The summed E-state index contributed by atoms with van der Waals surface area (Å²) in [6.45, 7) is 3.07. The van der Waals surface area contributed by atoms with Gasteiger partial charge in [-0.25, -0.2) is 4.98 Å². The second-order valence-electron chi connectivity index (χ2n) is 6.69. The van der Waals surface area contributed by atoms with E-state index in [-0.39, 0.29) is 18.0 Å². The number of carbonyl (C=O) groups is 1. The van der Waals surface area contributed by atoms with Gasteiger partial charge in [-0.3, -0.25) is 14.2 Å². The summed E-state index contributed by atoms with van der Waals surface area (Å²) in [6, 6.07) is 9.87. The lowest BCUT2D eigenvalue weighted by molar-refractivity contribution is -0.120. The lowest BCUT2D eigenvalue weighted by Gasteiger charge is -2.26. The first kappa shape index (κ1) is 20.4. The molecular formula is C20H23N5O4. The van der Waals surface area contributed by atoms with Gasteiger partial charge in [0.1, 0.15) is 11.2 Å². The lowest BCUT2D eigenvalue weighted by Crippen LogP contribution is -2.42. The Bertz CT molecular complexity index is 1080. The Morgan fingerprint density at radius 2 is 1.93 bits per heavy atom. The highest BCUT2D eigenvalue weighted by Crippen LogP contribution is 2.23. The summed E-state index contributed by atoms with van der Waals surface area (Å²) in [7, 11) is 0. The third kappa shape index (κ3) is 4.41. The van der Waals surface area contributed by atoms with Crippen LogP contribution in [0.3, 0.4) is 0 Å². The maximum Gasteiger partial charge on any atom is 0.252 e. The number of amides is 1. The van der Waals surface area contributed by atoms with Crippen molar-refractivity contribution in [3.63, 3.8) is 0 Å². The van der Waals surface area contributed by atoms with Gasteiger partial charge in [-0.05, 0) is 30.7 Å². The summed E-state index contributed by atoms with van der Waals surface area (Å²) in [6.07, 6.45) is 1.64. The van der Waals surface area contributed by atoms with E-state index in [9.17, 15) is 19.8 Å². The molecule has 3 aromatic rings. The summed E-state index contributed by atoms with van der Waals surface area (Å²) in [4.78, 5) is 31.8. The molecular weight excluding hydrogens is 374 g/mol. The third-order valence-corrected chi connectivity index (χ3v) is 4.61. The van der Waals surface area contributed by atoms with Crippen LogP contribution in [0.5, 0.6) is 0 Å². The summed E-state index contributed by atoms with van der Waals surface area (Å²) < 4.78 is 1.56. The van der Waals surface area contributed by atoms with E-state index in [0.717, 1.165) is 5.39 Å². The lowest BCUT2D eigenvalue weighted by atomic mass is 9.94.